The molecular formula is C10H10. The summed E-state index contributed by atoms with van der Waals surface area (Å²) in [4.78, 5) is 0. The molecule has 0 spiro atoms. The summed E-state index contributed by atoms with van der Waals surface area (Å²) >= 11 is 0. The van der Waals surface area contributed by atoms with Crippen LogP contribution >= 0.6 is 0 Å². The van der Waals surface area contributed by atoms with Gasteiger partial charge in [0.25, 0.3) is 0 Å². The van der Waals surface area contributed by atoms with Crippen LogP contribution in [0.1, 0.15) is 18.9 Å². The van der Waals surface area contributed by atoms with Crippen LogP contribution in [0, 0.1) is 11.8 Å². The number of rotatable bonds is 0. The summed E-state index contributed by atoms with van der Waals surface area (Å²) in [5.74, 6) is 6.06. The van der Waals surface area contributed by atoms with Crippen molar-refractivity contribution < 1.29 is 0 Å². The molecule has 0 saturated carbocycles. The SMILES string of the molecule is CCC#Cc1ccccc1. The highest BCUT2D eigenvalue weighted by Crippen LogP contribution is 1.94. The van der Waals surface area contributed by atoms with Crippen molar-refractivity contribution in [2.75, 3.05) is 0 Å². The van der Waals surface area contributed by atoms with Crippen LogP contribution in [0.2, 0.25) is 0 Å². The zero-order chi connectivity index (χ0) is 7.23. The van der Waals surface area contributed by atoms with Gasteiger partial charge in [-0.25, -0.2) is 0 Å². The van der Waals surface area contributed by atoms with Crippen molar-refractivity contribution in [1.82, 2.24) is 0 Å². The first-order chi connectivity index (χ1) is 4.93. The van der Waals surface area contributed by atoms with E-state index < -0.39 is 0 Å². The summed E-state index contributed by atoms with van der Waals surface area (Å²) in [5.41, 5.74) is 1.10. The molecule has 0 aromatic heterocycles. The third-order valence-electron chi connectivity index (χ3n) is 1.18. The van der Waals surface area contributed by atoms with Crippen molar-refractivity contribution in [1.29, 1.82) is 0 Å². The Bertz CT molecular complexity index is 236. The second-order valence-corrected chi connectivity index (χ2v) is 2.02. The van der Waals surface area contributed by atoms with E-state index in [2.05, 4.69) is 18.8 Å². The molecule has 0 heteroatoms. The van der Waals surface area contributed by atoms with Gasteiger partial charge in [0.2, 0.25) is 0 Å². The highest BCUT2D eigenvalue weighted by molar-refractivity contribution is 5.33. The Kier molecular flexibility index (Phi) is 2.58. The van der Waals surface area contributed by atoms with Crippen molar-refractivity contribution in [2.45, 2.75) is 13.3 Å². The third-order valence-corrected chi connectivity index (χ3v) is 1.18. The normalized spacial score (nSPS) is 8.10. The summed E-state index contributed by atoms with van der Waals surface area (Å²) < 4.78 is 0. The predicted molar refractivity (Wildman–Crippen MR) is 43.6 cm³/mol. The first kappa shape index (κ1) is 6.89. The second kappa shape index (κ2) is 3.74. The van der Waals surface area contributed by atoms with Crippen molar-refractivity contribution in [2.24, 2.45) is 0 Å². The molecular weight excluding hydrogens is 120 g/mol. The lowest BCUT2D eigenvalue weighted by atomic mass is 10.2. The van der Waals surface area contributed by atoms with Gasteiger partial charge in [-0.2, -0.15) is 0 Å². The van der Waals surface area contributed by atoms with E-state index in [-0.39, 0.29) is 0 Å². The van der Waals surface area contributed by atoms with Gasteiger partial charge in [-0.1, -0.05) is 37.0 Å². The predicted octanol–water partition coefficient (Wildman–Crippen LogP) is 2.45. The molecule has 10 heavy (non-hydrogen) atoms. The van der Waals surface area contributed by atoms with Gasteiger partial charge in [0.1, 0.15) is 0 Å². The number of benzene rings is 1. The second-order valence-electron chi connectivity index (χ2n) is 2.02. The maximum Gasteiger partial charge on any atom is 0.0245 e. The van der Waals surface area contributed by atoms with Gasteiger partial charge < -0.3 is 0 Å². The summed E-state index contributed by atoms with van der Waals surface area (Å²) in [6.07, 6.45) is 0.925. The van der Waals surface area contributed by atoms with Crippen LogP contribution in [0.3, 0.4) is 0 Å². The molecule has 0 heterocycles. The maximum atomic E-state index is 3.04. The first-order valence-corrected chi connectivity index (χ1v) is 3.47. The van der Waals surface area contributed by atoms with Crippen LogP contribution in [-0.4, -0.2) is 0 Å². The van der Waals surface area contributed by atoms with Gasteiger partial charge in [0.05, 0.1) is 0 Å². The average Bonchev–Trinajstić information content (AvgIpc) is 2.03. The van der Waals surface area contributed by atoms with Crippen LogP contribution in [0.5, 0.6) is 0 Å². The molecule has 1 aromatic rings. The molecule has 1 aromatic carbocycles. The summed E-state index contributed by atoms with van der Waals surface area (Å²) in [6, 6.07) is 10.0. The molecule has 0 fully saturated rings. The van der Waals surface area contributed by atoms with Gasteiger partial charge >= 0.3 is 0 Å². The highest BCUT2D eigenvalue weighted by Gasteiger charge is 1.78. The van der Waals surface area contributed by atoms with E-state index in [4.69, 9.17) is 0 Å². The van der Waals surface area contributed by atoms with Gasteiger partial charge in [-0.05, 0) is 12.1 Å². The summed E-state index contributed by atoms with van der Waals surface area (Å²) in [6.45, 7) is 2.05. The Morgan fingerprint density at radius 1 is 1.20 bits per heavy atom. The minimum atomic E-state index is 0.925. The van der Waals surface area contributed by atoms with Crippen LogP contribution in [0.4, 0.5) is 0 Å². The Morgan fingerprint density at radius 3 is 2.50 bits per heavy atom. The molecule has 0 N–H and O–H groups in total. The van der Waals surface area contributed by atoms with Gasteiger partial charge in [-0.15, -0.1) is 0 Å². The van der Waals surface area contributed by atoms with Crippen LogP contribution in [0.15, 0.2) is 30.3 Å². The topological polar surface area (TPSA) is 0 Å². The molecule has 0 bridgehead atoms. The maximum absolute atomic E-state index is 3.04. The lowest BCUT2D eigenvalue weighted by Gasteiger charge is -1.84. The zero-order valence-electron chi connectivity index (χ0n) is 6.09. The first-order valence-electron chi connectivity index (χ1n) is 3.47. The molecule has 0 aliphatic heterocycles. The van der Waals surface area contributed by atoms with E-state index in [1.54, 1.807) is 0 Å². The molecule has 1 rings (SSSR count). The van der Waals surface area contributed by atoms with Crippen LogP contribution in [0.25, 0.3) is 0 Å². The minimum absolute atomic E-state index is 0.925. The lowest BCUT2D eigenvalue weighted by Crippen LogP contribution is -1.69. The molecule has 0 nitrogen and oxygen atoms in total. The zero-order valence-corrected chi connectivity index (χ0v) is 6.09. The molecule has 0 unspecified atom stereocenters. The standard InChI is InChI=1S/C10H10/c1-2-3-7-10-8-5-4-6-9-10/h4-6,8-9H,2H2,1H3. The summed E-state index contributed by atoms with van der Waals surface area (Å²) in [7, 11) is 0. The van der Waals surface area contributed by atoms with Crippen LogP contribution in [-0.2, 0) is 0 Å². The number of hydrogen-bond donors (Lipinski definition) is 0. The third kappa shape index (κ3) is 1.95. The molecule has 0 radical (unpaired) electrons. The fourth-order valence-electron chi connectivity index (χ4n) is 0.712. The van der Waals surface area contributed by atoms with E-state index in [0.29, 0.717) is 0 Å². The van der Waals surface area contributed by atoms with E-state index in [1.807, 2.05) is 30.3 Å². The molecule has 0 aliphatic carbocycles. The Morgan fingerprint density at radius 2 is 1.90 bits per heavy atom. The minimum Gasteiger partial charge on any atom is -0.0982 e. The van der Waals surface area contributed by atoms with Crippen molar-refractivity contribution in [3.8, 4) is 11.8 Å². The van der Waals surface area contributed by atoms with Gasteiger partial charge in [0, 0.05) is 12.0 Å². The molecule has 0 atom stereocenters. The number of hydrogen-bond acceptors (Lipinski definition) is 0. The molecule has 50 valence electrons. The summed E-state index contributed by atoms with van der Waals surface area (Å²) in [5, 5.41) is 0. The average molecular weight is 130 g/mol. The smallest absolute Gasteiger partial charge is 0.0245 e. The highest BCUT2D eigenvalue weighted by atomic mass is 13.8. The van der Waals surface area contributed by atoms with E-state index >= 15 is 0 Å². The molecule has 0 saturated heterocycles. The van der Waals surface area contributed by atoms with E-state index in [1.165, 1.54) is 0 Å². The van der Waals surface area contributed by atoms with Crippen LogP contribution < -0.4 is 0 Å². The quantitative estimate of drug-likeness (QED) is 0.473. The Balaban J connectivity index is 2.76. The van der Waals surface area contributed by atoms with Gasteiger partial charge in [-0.3, -0.25) is 0 Å². The lowest BCUT2D eigenvalue weighted by molar-refractivity contribution is 1.28. The van der Waals surface area contributed by atoms with E-state index in [9.17, 15) is 0 Å². The van der Waals surface area contributed by atoms with Crippen molar-refractivity contribution in [3.05, 3.63) is 35.9 Å². The van der Waals surface area contributed by atoms with E-state index in [0.717, 1.165) is 12.0 Å². The fourth-order valence-corrected chi connectivity index (χ4v) is 0.712. The Labute approximate surface area is 61.9 Å². The monoisotopic (exact) mass is 130 g/mol. The fraction of sp³-hybridized carbons (Fsp3) is 0.200. The van der Waals surface area contributed by atoms with Crippen molar-refractivity contribution in [3.63, 3.8) is 0 Å². The molecule has 0 aliphatic rings. The van der Waals surface area contributed by atoms with Gasteiger partial charge in [0.15, 0.2) is 0 Å². The van der Waals surface area contributed by atoms with Crippen molar-refractivity contribution >= 4 is 0 Å². The largest absolute Gasteiger partial charge is 0.0982 e. The Hall–Kier alpha value is -1.22. The molecule has 0 amide bonds.